The van der Waals surface area contributed by atoms with E-state index in [9.17, 15) is 13.2 Å². The molecule has 1 aromatic carbocycles. The molecular formula is C20H21ClN4O4S2. The van der Waals surface area contributed by atoms with Gasteiger partial charge in [-0.05, 0) is 42.1 Å². The zero-order valence-electron chi connectivity index (χ0n) is 16.8. The summed E-state index contributed by atoms with van der Waals surface area (Å²) in [6.45, 7) is 3.18. The Balaban J connectivity index is 1.35. The van der Waals surface area contributed by atoms with Crippen LogP contribution in [0.3, 0.4) is 0 Å². The number of hydrogen-bond donors (Lipinski definition) is 0. The Labute approximate surface area is 189 Å². The average molecular weight is 481 g/mol. The average Bonchev–Trinajstić information content (AvgIpc) is 3.47. The van der Waals surface area contributed by atoms with E-state index in [4.69, 9.17) is 16.3 Å². The lowest BCUT2D eigenvalue weighted by atomic mass is 10.2. The van der Waals surface area contributed by atoms with Gasteiger partial charge >= 0.3 is 0 Å². The van der Waals surface area contributed by atoms with Crippen molar-refractivity contribution in [3.8, 4) is 5.75 Å². The fraction of sp³-hybridized carbons (Fsp3) is 0.300. The van der Waals surface area contributed by atoms with Crippen LogP contribution in [-0.4, -0.2) is 59.5 Å². The number of ether oxygens (including phenoxy) is 1. The van der Waals surface area contributed by atoms with Crippen molar-refractivity contribution in [3.05, 3.63) is 64.3 Å². The number of rotatable bonds is 6. The Kier molecular flexibility index (Phi) is 6.33. The summed E-state index contributed by atoms with van der Waals surface area (Å²) in [5.41, 5.74) is 1.31. The summed E-state index contributed by atoms with van der Waals surface area (Å²) < 4.78 is 34.2. The van der Waals surface area contributed by atoms with Gasteiger partial charge in [0.1, 0.15) is 9.96 Å². The van der Waals surface area contributed by atoms with Crippen LogP contribution in [0.1, 0.15) is 16.1 Å². The molecule has 164 valence electrons. The Hall–Kier alpha value is -2.40. The fourth-order valence-corrected chi connectivity index (χ4v) is 5.97. The van der Waals surface area contributed by atoms with Gasteiger partial charge < -0.3 is 9.64 Å². The smallest absolute Gasteiger partial charge is 0.274 e. The molecule has 0 radical (unpaired) electrons. The summed E-state index contributed by atoms with van der Waals surface area (Å²) >= 11 is 7.33. The van der Waals surface area contributed by atoms with Crippen LogP contribution < -0.4 is 4.74 Å². The molecule has 0 bridgehead atoms. The van der Waals surface area contributed by atoms with E-state index in [-0.39, 0.29) is 31.4 Å². The van der Waals surface area contributed by atoms with Crippen LogP contribution >= 0.6 is 22.9 Å². The second kappa shape index (κ2) is 8.99. The number of amides is 1. The normalized spacial score (nSPS) is 15.2. The SMILES string of the molecule is Cc1ccc(Cl)c(OCn2ccc(C(=O)N3CCN(S(=O)(=O)c4cccs4)CC3)n2)c1. The number of thiophene rings is 1. The van der Waals surface area contributed by atoms with Crippen molar-refractivity contribution >= 4 is 38.9 Å². The van der Waals surface area contributed by atoms with Gasteiger partial charge in [-0.15, -0.1) is 11.3 Å². The second-order valence-electron chi connectivity index (χ2n) is 7.08. The minimum atomic E-state index is -3.50. The van der Waals surface area contributed by atoms with Gasteiger partial charge in [0.05, 0.1) is 5.02 Å². The van der Waals surface area contributed by atoms with E-state index in [1.165, 1.54) is 20.3 Å². The topological polar surface area (TPSA) is 84.7 Å². The molecule has 0 saturated carbocycles. The van der Waals surface area contributed by atoms with Crippen molar-refractivity contribution in [2.75, 3.05) is 26.2 Å². The minimum Gasteiger partial charge on any atom is -0.470 e. The molecule has 1 saturated heterocycles. The monoisotopic (exact) mass is 480 g/mol. The molecule has 4 rings (SSSR count). The number of nitrogens with zero attached hydrogens (tertiary/aromatic N) is 4. The summed E-state index contributed by atoms with van der Waals surface area (Å²) in [5, 5.41) is 6.53. The summed E-state index contributed by atoms with van der Waals surface area (Å²) in [6.07, 6.45) is 1.66. The van der Waals surface area contributed by atoms with E-state index in [1.807, 2.05) is 19.1 Å². The number of aromatic nitrogens is 2. The number of carbonyl (C=O) groups is 1. The standard InChI is InChI=1S/C20H21ClN4O4S2/c1-15-4-5-16(21)18(13-15)29-14-24-7-6-17(22-24)20(26)23-8-10-25(11-9-23)31(27,28)19-3-2-12-30-19/h2-7,12-13H,8-11,14H2,1H3. The molecule has 1 aliphatic rings. The molecule has 3 aromatic rings. The highest BCUT2D eigenvalue weighted by atomic mass is 35.5. The summed E-state index contributed by atoms with van der Waals surface area (Å²) in [5.74, 6) is 0.314. The van der Waals surface area contributed by atoms with Gasteiger partial charge in [-0.2, -0.15) is 9.40 Å². The van der Waals surface area contributed by atoms with Gasteiger partial charge in [0.15, 0.2) is 12.4 Å². The number of aryl methyl sites for hydroxylation is 1. The summed E-state index contributed by atoms with van der Waals surface area (Å²) in [7, 11) is -3.50. The molecule has 2 aromatic heterocycles. The molecule has 0 N–H and O–H groups in total. The summed E-state index contributed by atoms with van der Waals surface area (Å²) in [6, 6.07) is 10.4. The van der Waals surface area contributed by atoms with Crippen LogP contribution in [-0.2, 0) is 16.8 Å². The quantitative estimate of drug-likeness (QED) is 0.541. The van der Waals surface area contributed by atoms with Gasteiger partial charge in [-0.25, -0.2) is 13.1 Å². The first-order valence-electron chi connectivity index (χ1n) is 9.60. The number of piperazine rings is 1. The molecule has 31 heavy (non-hydrogen) atoms. The van der Waals surface area contributed by atoms with Crippen LogP contribution in [0.2, 0.25) is 5.02 Å². The number of benzene rings is 1. The van der Waals surface area contributed by atoms with Crippen LogP contribution in [0.5, 0.6) is 5.75 Å². The molecule has 0 atom stereocenters. The first kappa shape index (κ1) is 21.8. The van der Waals surface area contributed by atoms with Crippen LogP contribution in [0.15, 0.2) is 52.2 Å². The first-order valence-corrected chi connectivity index (χ1v) is 12.3. The van der Waals surface area contributed by atoms with E-state index in [2.05, 4.69) is 5.10 Å². The highest BCUT2D eigenvalue weighted by Crippen LogP contribution is 2.25. The third kappa shape index (κ3) is 4.77. The van der Waals surface area contributed by atoms with Crippen LogP contribution in [0.25, 0.3) is 0 Å². The molecular weight excluding hydrogens is 460 g/mol. The Morgan fingerprint density at radius 1 is 1.19 bits per heavy atom. The number of carbonyl (C=O) groups excluding carboxylic acids is 1. The maximum Gasteiger partial charge on any atom is 0.274 e. The molecule has 0 spiro atoms. The molecule has 1 amide bonds. The van der Waals surface area contributed by atoms with E-state index >= 15 is 0 Å². The zero-order valence-corrected chi connectivity index (χ0v) is 19.2. The molecule has 1 fully saturated rings. The fourth-order valence-electron chi connectivity index (χ4n) is 3.24. The van der Waals surface area contributed by atoms with Crippen LogP contribution in [0.4, 0.5) is 0 Å². The first-order chi connectivity index (χ1) is 14.8. The zero-order chi connectivity index (χ0) is 22.0. The van der Waals surface area contributed by atoms with E-state index < -0.39 is 10.0 Å². The van der Waals surface area contributed by atoms with E-state index in [0.29, 0.717) is 28.1 Å². The van der Waals surface area contributed by atoms with Gasteiger partial charge in [0.25, 0.3) is 15.9 Å². The minimum absolute atomic E-state index is 0.114. The maximum absolute atomic E-state index is 12.8. The molecule has 0 unspecified atom stereocenters. The lowest BCUT2D eigenvalue weighted by molar-refractivity contribution is 0.0690. The Morgan fingerprint density at radius 2 is 1.97 bits per heavy atom. The number of halogens is 1. The molecule has 11 heteroatoms. The van der Waals surface area contributed by atoms with Crippen molar-refractivity contribution < 1.29 is 17.9 Å². The molecule has 3 heterocycles. The Bertz CT molecular complexity index is 1170. The number of hydrogen-bond acceptors (Lipinski definition) is 6. The highest BCUT2D eigenvalue weighted by molar-refractivity contribution is 7.91. The Morgan fingerprint density at radius 3 is 2.68 bits per heavy atom. The van der Waals surface area contributed by atoms with Gasteiger partial charge in [-0.3, -0.25) is 4.79 Å². The van der Waals surface area contributed by atoms with E-state index in [0.717, 1.165) is 5.56 Å². The lowest BCUT2D eigenvalue weighted by Crippen LogP contribution is -2.50. The lowest BCUT2D eigenvalue weighted by Gasteiger charge is -2.33. The van der Waals surface area contributed by atoms with Crippen molar-refractivity contribution in [1.29, 1.82) is 0 Å². The molecule has 0 aliphatic carbocycles. The largest absolute Gasteiger partial charge is 0.470 e. The van der Waals surface area contributed by atoms with E-state index in [1.54, 1.807) is 40.7 Å². The van der Waals surface area contributed by atoms with Crippen LogP contribution in [0, 0.1) is 6.92 Å². The highest BCUT2D eigenvalue weighted by Gasteiger charge is 2.31. The molecule has 8 nitrogen and oxygen atoms in total. The van der Waals surface area contributed by atoms with Gasteiger partial charge in [0, 0.05) is 32.4 Å². The predicted molar refractivity (Wildman–Crippen MR) is 118 cm³/mol. The van der Waals surface area contributed by atoms with Crippen molar-refractivity contribution in [3.63, 3.8) is 0 Å². The van der Waals surface area contributed by atoms with Gasteiger partial charge in [-0.1, -0.05) is 23.7 Å². The van der Waals surface area contributed by atoms with Gasteiger partial charge in [0.2, 0.25) is 0 Å². The van der Waals surface area contributed by atoms with Crippen molar-refractivity contribution in [1.82, 2.24) is 19.0 Å². The summed E-state index contributed by atoms with van der Waals surface area (Å²) in [4.78, 5) is 14.4. The van der Waals surface area contributed by atoms with Crippen molar-refractivity contribution in [2.24, 2.45) is 0 Å². The van der Waals surface area contributed by atoms with Crippen molar-refractivity contribution in [2.45, 2.75) is 17.9 Å². The third-order valence-corrected chi connectivity index (χ3v) is 8.50. The predicted octanol–water partition coefficient (Wildman–Crippen LogP) is 3.09. The third-order valence-electron chi connectivity index (χ3n) is 4.91. The molecule has 1 aliphatic heterocycles. The maximum atomic E-state index is 12.8. The second-order valence-corrected chi connectivity index (χ2v) is 10.6. The number of sulfonamides is 1.